The van der Waals surface area contributed by atoms with E-state index in [0.29, 0.717) is 32.4 Å². The Morgan fingerprint density at radius 2 is 1.89 bits per heavy atom. The summed E-state index contributed by atoms with van der Waals surface area (Å²) in [5.41, 5.74) is 1.71. The number of halogens is 1. The second-order valence-electron chi connectivity index (χ2n) is 6.25. The topological polar surface area (TPSA) is 75.6 Å². The maximum atomic E-state index is 13.8. The third-order valence-corrected chi connectivity index (χ3v) is 5.55. The number of fused-ring (bicyclic) bond motifs is 1. The summed E-state index contributed by atoms with van der Waals surface area (Å²) in [6, 6.07) is 14.4. The molecule has 0 heterocycles. The van der Waals surface area contributed by atoms with Gasteiger partial charge < -0.3 is 9.84 Å². The van der Waals surface area contributed by atoms with E-state index in [9.17, 15) is 18.5 Å². The number of hydrogen-bond donors (Lipinski definition) is 2. The normalized spacial score (nSPS) is 13.3. The number of hydrogen-bond acceptors (Lipinski definition) is 4. The maximum absolute atomic E-state index is 13.8. The van der Waals surface area contributed by atoms with Gasteiger partial charge in [-0.1, -0.05) is 30.3 Å². The molecule has 0 radical (unpaired) electrons. The number of aliphatic hydroxyl groups is 1. The average molecular weight is 401 g/mol. The lowest BCUT2D eigenvalue weighted by molar-refractivity contribution is -0.139. The largest absolute Gasteiger partial charge is 0.469 e. The lowest BCUT2D eigenvalue weighted by Crippen LogP contribution is -2.10. The van der Waals surface area contributed by atoms with Gasteiger partial charge in [-0.15, -0.1) is 0 Å². The van der Waals surface area contributed by atoms with Crippen molar-refractivity contribution in [3.05, 3.63) is 77.1 Å². The summed E-state index contributed by atoms with van der Waals surface area (Å²) >= 11 is 0. The fourth-order valence-corrected chi connectivity index (χ4v) is 3.68. The average Bonchev–Trinajstić information content (AvgIpc) is 2.72. The molecule has 0 aliphatic heterocycles. The predicted molar refractivity (Wildman–Crippen MR) is 106 cm³/mol. The lowest BCUT2D eigenvalue weighted by Gasteiger charge is -2.17. The first-order chi connectivity index (χ1) is 13.4. The number of esters is 1. The number of methoxy groups -OCH3 is 1. The van der Waals surface area contributed by atoms with Crippen LogP contribution in [0.25, 0.3) is 10.8 Å². The number of carbonyl (C=O) groups is 1. The maximum Gasteiger partial charge on any atom is 0.309 e. The van der Waals surface area contributed by atoms with Crippen LogP contribution in [-0.2, 0) is 26.9 Å². The van der Waals surface area contributed by atoms with E-state index in [0.717, 1.165) is 0 Å². The van der Waals surface area contributed by atoms with Crippen LogP contribution < -0.4 is 4.72 Å². The molecule has 0 fully saturated rings. The lowest BCUT2D eigenvalue weighted by atomic mass is 9.93. The fraction of sp³-hybridized carbons (Fsp3) is 0.190. The number of carbonyl (C=O) groups excluding carboxylic acids is 1. The summed E-state index contributed by atoms with van der Waals surface area (Å²) in [6.07, 6.45) is -0.997. The molecule has 0 aliphatic rings. The number of nitrogens with one attached hydrogen (secondary N) is 1. The molecule has 2 unspecified atom stereocenters. The molecule has 0 saturated carbocycles. The van der Waals surface area contributed by atoms with Crippen molar-refractivity contribution in [2.45, 2.75) is 17.4 Å². The van der Waals surface area contributed by atoms with Crippen molar-refractivity contribution < 1.29 is 23.2 Å². The molecule has 0 saturated heterocycles. The summed E-state index contributed by atoms with van der Waals surface area (Å²) < 4.78 is 33.0. The minimum Gasteiger partial charge on any atom is -0.469 e. The molecule has 5 nitrogen and oxygen atoms in total. The zero-order valence-corrected chi connectivity index (χ0v) is 16.3. The highest BCUT2D eigenvalue weighted by atomic mass is 32.2. The summed E-state index contributed by atoms with van der Waals surface area (Å²) in [7, 11) is 1.57. The molecule has 2 atom stereocenters. The highest BCUT2D eigenvalue weighted by Gasteiger charge is 2.17. The van der Waals surface area contributed by atoms with E-state index in [1.165, 1.54) is 19.2 Å². The Hall–Kier alpha value is -2.61. The van der Waals surface area contributed by atoms with Crippen molar-refractivity contribution in [2.24, 2.45) is 0 Å². The van der Waals surface area contributed by atoms with Crippen LogP contribution >= 0.6 is 0 Å². The first-order valence-electron chi connectivity index (χ1n) is 8.59. The number of benzene rings is 3. The summed E-state index contributed by atoms with van der Waals surface area (Å²) in [5, 5.41) is 12.2. The highest BCUT2D eigenvalue weighted by molar-refractivity contribution is 7.83. The molecular weight excluding hydrogens is 381 g/mol. The molecule has 7 heteroatoms. The van der Waals surface area contributed by atoms with E-state index in [1.54, 1.807) is 49.5 Å². The SMILES string of the molecule is CNS(=O)c1ccc(C(O)c2cc(CC(=O)OC)cc3ccc(F)cc23)cc1. The molecular formula is C21H20FNO4S. The number of aliphatic hydroxyl groups excluding tert-OH is 1. The van der Waals surface area contributed by atoms with Crippen molar-refractivity contribution in [3.63, 3.8) is 0 Å². The van der Waals surface area contributed by atoms with Gasteiger partial charge in [0.2, 0.25) is 0 Å². The second kappa shape index (κ2) is 8.60. The quantitative estimate of drug-likeness (QED) is 0.623. The van der Waals surface area contributed by atoms with Gasteiger partial charge >= 0.3 is 5.97 Å². The van der Waals surface area contributed by atoms with Gasteiger partial charge in [-0.25, -0.2) is 13.3 Å². The van der Waals surface area contributed by atoms with Gasteiger partial charge in [0.25, 0.3) is 0 Å². The summed E-state index contributed by atoms with van der Waals surface area (Å²) in [5.74, 6) is -0.817. The molecule has 0 aromatic heterocycles. The van der Waals surface area contributed by atoms with Crippen molar-refractivity contribution in [1.29, 1.82) is 0 Å². The number of ether oxygens (including phenoxy) is 1. The molecule has 3 aromatic rings. The van der Waals surface area contributed by atoms with Gasteiger partial charge in [-0.05, 0) is 58.8 Å². The Morgan fingerprint density at radius 3 is 2.54 bits per heavy atom. The minimum absolute atomic E-state index is 0.0453. The van der Waals surface area contributed by atoms with Crippen LogP contribution in [0, 0.1) is 5.82 Å². The van der Waals surface area contributed by atoms with E-state index in [4.69, 9.17) is 4.74 Å². The Kier molecular flexibility index (Phi) is 6.18. The van der Waals surface area contributed by atoms with E-state index in [1.807, 2.05) is 0 Å². The van der Waals surface area contributed by atoms with E-state index >= 15 is 0 Å². The van der Waals surface area contributed by atoms with E-state index < -0.39 is 28.9 Å². The van der Waals surface area contributed by atoms with Gasteiger partial charge in [0, 0.05) is 0 Å². The zero-order chi connectivity index (χ0) is 20.3. The highest BCUT2D eigenvalue weighted by Crippen LogP contribution is 2.31. The molecule has 0 aliphatic carbocycles. The minimum atomic E-state index is -1.33. The molecule has 3 aromatic carbocycles. The third-order valence-electron chi connectivity index (χ3n) is 4.47. The zero-order valence-electron chi connectivity index (χ0n) is 15.4. The van der Waals surface area contributed by atoms with Crippen molar-refractivity contribution in [1.82, 2.24) is 4.72 Å². The first-order valence-corrected chi connectivity index (χ1v) is 9.74. The van der Waals surface area contributed by atoms with Crippen LogP contribution in [0.3, 0.4) is 0 Å². The standard InChI is InChI=1S/C21H20FNO4S/c1-23-28(26)17-7-4-14(5-8-17)21(25)19-10-13(11-20(24)27-2)9-15-3-6-16(22)12-18(15)19/h3-10,12,21,23,25H,11H2,1-2H3. The van der Waals surface area contributed by atoms with Gasteiger partial charge in [0.1, 0.15) is 22.9 Å². The smallest absolute Gasteiger partial charge is 0.309 e. The summed E-state index contributed by atoms with van der Waals surface area (Å²) in [4.78, 5) is 12.3. The van der Waals surface area contributed by atoms with Crippen molar-refractivity contribution >= 4 is 27.7 Å². The van der Waals surface area contributed by atoms with Crippen LogP contribution in [0.1, 0.15) is 22.8 Å². The van der Waals surface area contributed by atoms with Crippen LogP contribution in [0.2, 0.25) is 0 Å². The molecule has 0 amide bonds. The molecule has 3 rings (SSSR count). The molecule has 0 bridgehead atoms. The van der Waals surface area contributed by atoms with Gasteiger partial charge in [0.15, 0.2) is 0 Å². The van der Waals surface area contributed by atoms with Crippen LogP contribution in [-0.4, -0.2) is 29.4 Å². The Balaban J connectivity index is 2.07. The van der Waals surface area contributed by atoms with Crippen LogP contribution in [0.4, 0.5) is 4.39 Å². The molecule has 2 N–H and O–H groups in total. The van der Waals surface area contributed by atoms with Gasteiger partial charge in [0.05, 0.1) is 18.4 Å². The Morgan fingerprint density at radius 1 is 1.18 bits per heavy atom. The van der Waals surface area contributed by atoms with Crippen molar-refractivity contribution in [2.75, 3.05) is 14.2 Å². The first kappa shape index (κ1) is 20.1. The monoisotopic (exact) mass is 401 g/mol. The van der Waals surface area contributed by atoms with Crippen molar-refractivity contribution in [3.8, 4) is 0 Å². The molecule has 0 spiro atoms. The summed E-state index contributed by atoms with van der Waals surface area (Å²) in [6.45, 7) is 0. The van der Waals surface area contributed by atoms with E-state index in [-0.39, 0.29) is 6.42 Å². The Labute approximate surface area is 164 Å². The fourth-order valence-electron chi connectivity index (χ4n) is 3.06. The second-order valence-corrected chi connectivity index (χ2v) is 7.66. The molecule has 28 heavy (non-hydrogen) atoms. The predicted octanol–water partition coefficient (Wildman–Crippen LogP) is 3.02. The number of rotatable bonds is 6. The van der Waals surface area contributed by atoms with Gasteiger partial charge in [-0.3, -0.25) is 4.79 Å². The van der Waals surface area contributed by atoms with Gasteiger partial charge in [-0.2, -0.15) is 0 Å². The van der Waals surface area contributed by atoms with Crippen LogP contribution in [0.5, 0.6) is 0 Å². The van der Waals surface area contributed by atoms with E-state index in [2.05, 4.69) is 4.72 Å². The Bertz CT molecular complexity index is 1040. The molecule has 146 valence electrons. The third kappa shape index (κ3) is 4.27. The van der Waals surface area contributed by atoms with Crippen LogP contribution in [0.15, 0.2) is 59.5 Å².